The number of likely N-dealkylation sites (N-methyl/N-ethyl adjacent to an activating group) is 1. The van der Waals surface area contributed by atoms with E-state index in [0.29, 0.717) is 6.61 Å². The second kappa shape index (κ2) is 10.2. The molecule has 0 fully saturated rings. The van der Waals surface area contributed by atoms with Crippen molar-refractivity contribution in [2.24, 2.45) is 0 Å². The normalized spacial score (nSPS) is 11.7. The molecule has 0 saturated carbocycles. The molecule has 126 valence electrons. The van der Waals surface area contributed by atoms with Crippen LogP contribution in [0.2, 0.25) is 10.6 Å². The van der Waals surface area contributed by atoms with Gasteiger partial charge in [-0.05, 0) is 36.0 Å². The maximum absolute atomic E-state index is 5.71. The third-order valence-corrected chi connectivity index (χ3v) is 3.94. The zero-order valence-electron chi connectivity index (χ0n) is 13.8. The molecule has 0 bridgehead atoms. The highest BCUT2D eigenvalue weighted by Crippen LogP contribution is 2.12. The zero-order valence-corrected chi connectivity index (χ0v) is 15.3. The van der Waals surface area contributed by atoms with Gasteiger partial charge in [-0.25, -0.2) is 0 Å². The van der Waals surface area contributed by atoms with Crippen LogP contribution in [0.15, 0.2) is 0 Å². The minimum atomic E-state index is 0.0517. The summed E-state index contributed by atoms with van der Waals surface area (Å²) in [7, 11) is 4.42. The van der Waals surface area contributed by atoms with Crippen LogP contribution in [0.1, 0.15) is 45.4 Å². The smallest absolute Gasteiger partial charge is 0.322 e. The van der Waals surface area contributed by atoms with Gasteiger partial charge in [-0.3, -0.25) is 0 Å². The highest BCUT2D eigenvalue weighted by molar-refractivity contribution is 6.31. The third-order valence-electron chi connectivity index (χ3n) is 3.61. The number of rotatable bonds is 11. The largest absolute Gasteiger partial charge is 0.457 e. The number of nitrogens with zero attached hydrogens (tertiary/aromatic N) is 4. The predicted molar refractivity (Wildman–Crippen MR) is 90.6 cm³/mol. The van der Waals surface area contributed by atoms with Gasteiger partial charge < -0.3 is 9.22 Å². The van der Waals surface area contributed by atoms with Crippen molar-refractivity contribution in [2.45, 2.75) is 45.4 Å². The van der Waals surface area contributed by atoms with Crippen LogP contribution >= 0.6 is 23.2 Å². The SMILES string of the molecule is CCCCCCCC[N+](C)(C)CCOc1nc(Cl)nc(Cl)n1. The van der Waals surface area contributed by atoms with Gasteiger partial charge in [0.2, 0.25) is 10.6 Å². The molecule has 0 N–H and O–H groups in total. The molecule has 0 saturated heterocycles. The Morgan fingerprint density at radius 1 is 0.864 bits per heavy atom. The van der Waals surface area contributed by atoms with E-state index in [4.69, 9.17) is 27.9 Å². The standard InChI is InChI=1S/C15H27Cl2N4O/c1-4-5-6-7-8-9-10-21(2,3)11-12-22-15-19-13(16)18-14(17)20-15/h4-12H2,1-3H3/q+1. The van der Waals surface area contributed by atoms with Gasteiger partial charge in [-0.1, -0.05) is 32.6 Å². The van der Waals surface area contributed by atoms with Crippen LogP contribution < -0.4 is 4.74 Å². The van der Waals surface area contributed by atoms with Gasteiger partial charge in [-0.15, -0.1) is 0 Å². The summed E-state index contributed by atoms with van der Waals surface area (Å²) in [6.45, 7) is 4.80. The molecule has 7 heteroatoms. The molecule has 0 aliphatic rings. The van der Waals surface area contributed by atoms with Gasteiger partial charge >= 0.3 is 6.01 Å². The summed E-state index contributed by atoms with van der Waals surface area (Å²) >= 11 is 11.4. The average Bonchev–Trinajstić information content (AvgIpc) is 2.41. The van der Waals surface area contributed by atoms with Gasteiger partial charge in [0.15, 0.2) is 0 Å². The first kappa shape index (κ1) is 19.4. The fourth-order valence-corrected chi connectivity index (χ4v) is 2.54. The van der Waals surface area contributed by atoms with Crippen molar-refractivity contribution in [2.75, 3.05) is 33.8 Å². The highest BCUT2D eigenvalue weighted by atomic mass is 35.5. The van der Waals surface area contributed by atoms with Crippen molar-refractivity contribution in [3.8, 4) is 6.01 Å². The molecule has 0 unspecified atom stereocenters. The van der Waals surface area contributed by atoms with Crippen LogP contribution in [0, 0.1) is 0 Å². The minimum Gasteiger partial charge on any atom is -0.457 e. The van der Waals surface area contributed by atoms with Gasteiger partial charge in [0.25, 0.3) is 0 Å². The summed E-state index contributed by atoms with van der Waals surface area (Å²) in [6, 6.07) is 0.185. The fourth-order valence-electron chi connectivity index (χ4n) is 2.19. The van der Waals surface area contributed by atoms with Gasteiger partial charge in [0, 0.05) is 0 Å². The molecule has 0 spiro atoms. The summed E-state index contributed by atoms with van der Waals surface area (Å²) < 4.78 is 6.43. The van der Waals surface area contributed by atoms with E-state index in [-0.39, 0.29) is 16.6 Å². The number of ether oxygens (including phenoxy) is 1. The van der Waals surface area contributed by atoms with E-state index in [2.05, 4.69) is 36.0 Å². The first-order chi connectivity index (χ1) is 10.4. The Labute approximate surface area is 143 Å². The maximum atomic E-state index is 5.71. The molecule has 5 nitrogen and oxygen atoms in total. The van der Waals surface area contributed by atoms with E-state index >= 15 is 0 Å². The summed E-state index contributed by atoms with van der Waals surface area (Å²) in [5, 5.41) is 0.103. The monoisotopic (exact) mass is 349 g/mol. The molecule has 0 aromatic carbocycles. The summed E-state index contributed by atoms with van der Waals surface area (Å²) in [5.41, 5.74) is 0. The van der Waals surface area contributed by atoms with Crippen molar-refractivity contribution in [3.63, 3.8) is 0 Å². The van der Waals surface area contributed by atoms with Crippen LogP contribution in [-0.2, 0) is 0 Å². The molecule has 22 heavy (non-hydrogen) atoms. The van der Waals surface area contributed by atoms with E-state index in [0.717, 1.165) is 17.6 Å². The van der Waals surface area contributed by atoms with E-state index in [1.807, 2.05) is 0 Å². The Morgan fingerprint density at radius 2 is 1.45 bits per heavy atom. The molecule has 1 heterocycles. The van der Waals surface area contributed by atoms with Crippen molar-refractivity contribution in [1.29, 1.82) is 0 Å². The quantitative estimate of drug-likeness (QED) is 0.447. The maximum Gasteiger partial charge on any atom is 0.322 e. The predicted octanol–water partition coefficient (Wildman–Crippen LogP) is 3.99. The molecule has 1 aromatic rings. The minimum absolute atomic E-state index is 0.0517. The Hall–Kier alpha value is -0.650. The summed E-state index contributed by atoms with van der Waals surface area (Å²) in [6.07, 6.45) is 7.90. The summed E-state index contributed by atoms with van der Waals surface area (Å²) in [4.78, 5) is 11.5. The van der Waals surface area contributed by atoms with Crippen LogP contribution in [0.5, 0.6) is 6.01 Å². The first-order valence-corrected chi connectivity index (χ1v) is 8.70. The molecule has 1 aromatic heterocycles. The Kier molecular flexibility index (Phi) is 8.98. The molecule has 0 amide bonds. The highest BCUT2D eigenvalue weighted by Gasteiger charge is 2.15. The lowest BCUT2D eigenvalue weighted by molar-refractivity contribution is -0.890. The second-order valence-electron chi connectivity index (χ2n) is 6.16. The van der Waals surface area contributed by atoms with E-state index in [1.165, 1.54) is 38.5 Å². The van der Waals surface area contributed by atoms with E-state index in [9.17, 15) is 0 Å². The number of aromatic nitrogens is 3. The average molecular weight is 350 g/mol. The van der Waals surface area contributed by atoms with Crippen molar-refractivity contribution < 1.29 is 9.22 Å². The number of hydrogen-bond acceptors (Lipinski definition) is 4. The third kappa shape index (κ3) is 8.71. The van der Waals surface area contributed by atoms with Crippen molar-refractivity contribution >= 4 is 23.2 Å². The fraction of sp³-hybridized carbons (Fsp3) is 0.800. The first-order valence-electron chi connectivity index (χ1n) is 7.95. The van der Waals surface area contributed by atoms with Gasteiger partial charge in [0.1, 0.15) is 13.2 Å². The van der Waals surface area contributed by atoms with Crippen LogP contribution in [-0.4, -0.2) is 53.2 Å². The Morgan fingerprint density at radius 3 is 2.09 bits per heavy atom. The number of hydrogen-bond donors (Lipinski definition) is 0. The number of quaternary nitrogens is 1. The van der Waals surface area contributed by atoms with E-state index < -0.39 is 0 Å². The molecular weight excluding hydrogens is 323 g/mol. The Bertz CT molecular complexity index is 423. The topological polar surface area (TPSA) is 47.9 Å². The van der Waals surface area contributed by atoms with Crippen molar-refractivity contribution in [1.82, 2.24) is 15.0 Å². The molecule has 0 radical (unpaired) electrons. The van der Waals surface area contributed by atoms with Crippen LogP contribution in [0.25, 0.3) is 0 Å². The molecule has 1 rings (SSSR count). The molecular formula is C15H27Cl2N4O+. The van der Waals surface area contributed by atoms with Crippen LogP contribution in [0.4, 0.5) is 0 Å². The number of halogens is 2. The summed E-state index contributed by atoms with van der Waals surface area (Å²) in [5.74, 6) is 0. The lowest BCUT2D eigenvalue weighted by atomic mass is 10.1. The second-order valence-corrected chi connectivity index (χ2v) is 6.83. The zero-order chi connectivity index (χ0) is 16.4. The molecule has 0 aliphatic carbocycles. The van der Waals surface area contributed by atoms with E-state index in [1.54, 1.807) is 0 Å². The van der Waals surface area contributed by atoms with Crippen LogP contribution in [0.3, 0.4) is 0 Å². The van der Waals surface area contributed by atoms with Gasteiger partial charge in [-0.2, -0.15) is 15.0 Å². The van der Waals surface area contributed by atoms with Crippen molar-refractivity contribution in [3.05, 3.63) is 10.6 Å². The number of unbranched alkanes of at least 4 members (excludes halogenated alkanes) is 5. The Balaban J connectivity index is 2.21. The lowest BCUT2D eigenvalue weighted by Crippen LogP contribution is -2.43. The molecule has 0 atom stereocenters. The molecule has 0 aliphatic heterocycles. The van der Waals surface area contributed by atoms with Gasteiger partial charge in [0.05, 0.1) is 20.6 Å². The lowest BCUT2D eigenvalue weighted by Gasteiger charge is -2.29.